The molecular formula is C20H24ClN5O2. The Bertz CT molecular complexity index is 869. The maximum atomic E-state index is 13.3. The molecule has 1 atom stereocenters. The van der Waals surface area contributed by atoms with Gasteiger partial charge in [-0.3, -0.25) is 4.90 Å². The SMILES string of the molecule is CCc1ccnc(N2CCN(C(=O)N3c4ccc(Cl)cc4OCC3C)CC2)n1. The number of rotatable bonds is 2. The molecule has 2 aliphatic heterocycles. The first-order valence-corrected chi connectivity index (χ1v) is 10.0. The van der Waals surface area contributed by atoms with Crippen LogP contribution in [0.25, 0.3) is 0 Å². The third-order valence-electron chi connectivity index (χ3n) is 5.20. The first-order valence-electron chi connectivity index (χ1n) is 9.64. The van der Waals surface area contributed by atoms with Gasteiger partial charge in [-0.2, -0.15) is 0 Å². The Hall–Kier alpha value is -2.54. The standard InChI is InChI=1S/C20H24ClN5O2/c1-3-16-6-7-22-19(23-16)24-8-10-25(11-9-24)20(27)26-14(2)13-28-18-12-15(21)4-5-17(18)26/h4-7,12,14H,3,8-11,13H2,1-2H3. The zero-order chi connectivity index (χ0) is 19.7. The van der Waals surface area contributed by atoms with Crippen LogP contribution in [0.1, 0.15) is 19.5 Å². The maximum Gasteiger partial charge on any atom is 0.325 e. The molecule has 2 amide bonds. The van der Waals surface area contributed by atoms with Gasteiger partial charge in [0.1, 0.15) is 12.4 Å². The molecule has 1 unspecified atom stereocenters. The molecule has 8 heteroatoms. The summed E-state index contributed by atoms with van der Waals surface area (Å²) in [6, 6.07) is 7.31. The van der Waals surface area contributed by atoms with Crippen molar-refractivity contribution in [1.82, 2.24) is 14.9 Å². The van der Waals surface area contributed by atoms with Crippen molar-refractivity contribution in [3.8, 4) is 5.75 Å². The maximum absolute atomic E-state index is 13.3. The largest absolute Gasteiger partial charge is 0.489 e. The van der Waals surface area contributed by atoms with Crippen molar-refractivity contribution in [2.45, 2.75) is 26.3 Å². The van der Waals surface area contributed by atoms with Gasteiger partial charge in [0.25, 0.3) is 0 Å². The number of nitrogens with zero attached hydrogens (tertiary/aromatic N) is 5. The first-order chi connectivity index (χ1) is 13.6. The molecule has 1 fully saturated rings. The Labute approximate surface area is 169 Å². The number of piperazine rings is 1. The van der Waals surface area contributed by atoms with E-state index < -0.39 is 0 Å². The highest BCUT2D eigenvalue weighted by molar-refractivity contribution is 6.30. The highest BCUT2D eigenvalue weighted by atomic mass is 35.5. The smallest absolute Gasteiger partial charge is 0.325 e. The zero-order valence-electron chi connectivity index (χ0n) is 16.1. The molecule has 0 radical (unpaired) electrons. The highest BCUT2D eigenvalue weighted by Crippen LogP contribution is 2.36. The van der Waals surface area contributed by atoms with E-state index in [1.165, 1.54) is 0 Å². The average molecular weight is 402 g/mol. The molecular weight excluding hydrogens is 378 g/mol. The van der Waals surface area contributed by atoms with Gasteiger partial charge in [0, 0.05) is 49.2 Å². The Balaban J connectivity index is 1.47. The summed E-state index contributed by atoms with van der Waals surface area (Å²) >= 11 is 6.07. The quantitative estimate of drug-likeness (QED) is 0.773. The van der Waals surface area contributed by atoms with Crippen molar-refractivity contribution >= 4 is 29.3 Å². The number of urea groups is 1. The number of halogens is 1. The zero-order valence-corrected chi connectivity index (χ0v) is 16.9. The number of anilines is 2. The number of carbonyl (C=O) groups excluding carboxylic acids is 1. The lowest BCUT2D eigenvalue weighted by atomic mass is 10.1. The fourth-order valence-corrected chi connectivity index (χ4v) is 3.76. The van der Waals surface area contributed by atoms with Gasteiger partial charge in [-0.25, -0.2) is 14.8 Å². The molecule has 0 saturated carbocycles. The molecule has 0 spiro atoms. The summed E-state index contributed by atoms with van der Waals surface area (Å²) in [5.74, 6) is 1.40. The molecule has 2 aromatic rings. The van der Waals surface area contributed by atoms with Gasteiger partial charge < -0.3 is 14.5 Å². The number of hydrogen-bond donors (Lipinski definition) is 0. The molecule has 1 aromatic heterocycles. The molecule has 1 saturated heterocycles. The minimum atomic E-state index is -0.0382. The summed E-state index contributed by atoms with van der Waals surface area (Å²) in [5.41, 5.74) is 1.80. The van der Waals surface area contributed by atoms with Gasteiger partial charge in [-0.05, 0) is 31.5 Å². The number of hydrogen-bond acceptors (Lipinski definition) is 5. The third-order valence-corrected chi connectivity index (χ3v) is 5.44. The summed E-state index contributed by atoms with van der Waals surface area (Å²) < 4.78 is 5.76. The molecule has 4 rings (SSSR count). The number of aromatic nitrogens is 2. The summed E-state index contributed by atoms with van der Waals surface area (Å²) in [6.07, 6.45) is 2.68. The molecule has 148 valence electrons. The molecule has 0 bridgehead atoms. The molecule has 2 aliphatic rings. The lowest BCUT2D eigenvalue weighted by Crippen LogP contribution is -2.56. The Kier molecular flexibility index (Phi) is 5.26. The highest BCUT2D eigenvalue weighted by Gasteiger charge is 2.34. The summed E-state index contributed by atoms with van der Waals surface area (Å²) in [6.45, 7) is 7.22. The fourth-order valence-electron chi connectivity index (χ4n) is 3.60. The monoisotopic (exact) mass is 401 g/mol. The number of ether oxygens (including phenoxy) is 1. The Morgan fingerprint density at radius 2 is 2.04 bits per heavy atom. The van der Waals surface area contributed by atoms with Gasteiger partial charge in [0.15, 0.2) is 0 Å². The fraction of sp³-hybridized carbons (Fsp3) is 0.450. The van der Waals surface area contributed by atoms with Crippen LogP contribution in [0.5, 0.6) is 5.75 Å². The van der Waals surface area contributed by atoms with E-state index in [1.807, 2.05) is 28.9 Å². The third kappa shape index (κ3) is 3.58. The van der Waals surface area contributed by atoms with E-state index in [4.69, 9.17) is 16.3 Å². The van der Waals surface area contributed by atoms with E-state index in [1.54, 1.807) is 18.3 Å². The molecule has 3 heterocycles. The minimum absolute atomic E-state index is 0.00208. The molecule has 0 N–H and O–H groups in total. The first kappa shape index (κ1) is 18.8. The second kappa shape index (κ2) is 7.83. The number of carbonyl (C=O) groups is 1. The minimum Gasteiger partial charge on any atom is -0.489 e. The van der Waals surface area contributed by atoms with Gasteiger partial charge in [-0.15, -0.1) is 0 Å². The van der Waals surface area contributed by atoms with Gasteiger partial charge in [-0.1, -0.05) is 18.5 Å². The lowest BCUT2D eigenvalue weighted by Gasteiger charge is -2.41. The number of aryl methyl sites for hydroxylation is 1. The van der Waals surface area contributed by atoms with Crippen LogP contribution in [-0.4, -0.2) is 59.7 Å². The van der Waals surface area contributed by atoms with E-state index >= 15 is 0 Å². The lowest BCUT2D eigenvalue weighted by molar-refractivity contribution is 0.190. The topological polar surface area (TPSA) is 61.8 Å². The summed E-state index contributed by atoms with van der Waals surface area (Å²) in [5, 5.41) is 0.601. The van der Waals surface area contributed by atoms with Crippen LogP contribution < -0.4 is 14.5 Å². The van der Waals surface area contributed by atoms with E-state index in [2.05, 4.69) is 21.8 Å². The number of benzene rings is 1. The molecule has 0 aliphatic carbocycles. The van der Waals surface area contributed by atoms with Crippen LogP contribution in [0.15, 0.2) is 30.5 Å². The molecule has 7 nitrogen and oxygen atoms in total. The number of amides is 2. The van der Waals surface area contributed by atoms with Crippen molar-refractivity contribution in [2.75, 3.05) is 42.6 Å². The van der Waals surface area contributed by atoms with Crippen molar-refractivity contribution < 1.29 is 9.53 Å². The number of fused-ring (bicyclic) bond motifs is 1. The van der Waals surface area contributed by atoms with Crippen LogP contribution in [0.4, 0.5) is 16.4 Å². The molecule has 1 aromatic carbocycles. The van der Waals surface area contributed by atoms with Crippen molar-refractivity contribution in [1.29, 1.82) is 0 Å². The predicted molar refractivity (Wildman–Crippen MR) is 109 cm³/mol. The van der Waals surface area contributed by atoms with E-state index in [0.29, 0.717) is 43.6 Å². The van der Waals surface area contributed by atoms with Crippen molar-refractivity contribution in [2.24, 2.45) is 0 Å². The van der Waals surface area contributed by atoms with E-state index in [0.717, 1.165) is 23.8 Å². The van der Waals surface area contributed by atoms with E-state index in [9.17, 15) is 4.79 Å². The molecule has 28 heavy (non-hydrogen) atoms. The normalized spacial score (nSPS) is 19.2. The Morgan fingerprint density at radius 1 is 1.25 bits per heavy atom. The summed E-state index contributed by atoms with van der Waals surface area (Å²) in [4.78, 5) is 28.1. The van der Waals surface area contributed by atoms with Crippen molar-refractivity contribution in [3.63, 3.8) is 0 Å². The van der Waals surface area contributed by atoms with Crippen LogP contribution in [0.2, 0.25) is 5.02 Å². The second-order valence-electron chi connectivity index (χ2n) is 7.10. The van der Waals surface area contributed by atoms with Crippen molar-refractivity contribution in [3.05, 3.63) is 41.2 Å². The van der Waals surface area contributed by atoms with Gasteiger partial charge in [0.05, 0.1) is 11.7 Å². The average Bonchev–Trinajstić information content (AvgIpc) is 2.73. The van der Waals surface area contributed by atoms with Gasteiger partial charge >= 0.3 is 6.03 Å². The van der Waals surface area contributed by atoms with Crippen LogP contribution >= 0.6 is 11.6 Å². The van der Waals surface area contributed by atoms with Crippen LogP contribution in [0.3, 0.4) is 0 Å². The van der Waals surface area contributed by atoms with Crippen LogP contribution in [0, 0.1) is 0 Å². The van der Waals surface area contributed by atoms with Gasteiger partial charge in [0.2, 0.25) is 5.95 Å². The summed E-state index contributed by atoms with van der Waals surface area (Å²) in [7, 11) is 0. The predicted octanol–water partition coefficient (Wildman–Crippen LogP) is 3.22. The van der Waals surface area contributed by atoms with E-state index in [-0.39, 0.29) is 12.1 Å². The second-order valence-corrected chi connectivity index (χ2v) is 7.54. The van der Waals surface area contributed by atoms with Crippen LogP contribution in [-0.2, 0) is 6.42 Å². The Morgan fingerprint density at radius 3 is 2.79 bits per heavy atom.